The fourth-order valence-corrected chi connectivity index (χ4v) is 2.51. The molecule has 0 fully saturated rings. The Morgan fingerprint density at radius 2 is 2.35 bits per heavy atom. The van der Waals surface area contributed by atoms with Gasteiger partial charge in [0.2, 0.25) is 5.91 Å². The Morgan fingerprint density at radius 3 is 3.00 bits per heavy atom. The van der Waals surface area contributed by atoms with Gasteiger partial charge in [0.15, 0.2) is 0 Å². The zero-order valence-electron chi connectivity index (χ0n) is 9.92. The Hall–Kier alpha value is -1.42. The van der Waals surface area contributed by atoms with Gasteiger partial charge in [-0.05, 0) is 49.1 Å². The molecule has 0 heterocycles. The Balaban J connectivity index is 2.42. The molecule has 1 atom stereocenters. The predicted octanol–water partition coefficient (Wildman–Crippen LogP) is 1.45. The lowest BCUT2D eigenvalue weighted by molar-refractivity contribution is -0.124. The van der Waals surface area contributed by atoms with Gasteiger partial charge < -0.3 is 5.73 Å². The molecular formula is C13H17FN2O. The van der Waals surface area contributed by atoms with Gasteiger partial charge in [-0.3, -0.25) is 10.1 Å². The van der Waals surface area contributed by atoms with Crippen LogP contribution in [-0.4, -0.2) is 12.5 Å². The molecule has 0 aromatic heterocycles. The number of carbonyl (C=O) groups excluding carboxylic acids is 1. The molecule has 0 bridgehead atoms. The van der Waals surface area contributed by atoms with Crippen molar-refractivity contribution >= 4 is 5.91 Å². The summed E-state index contributed by atoms with van der Waals surface area (Å²) < 4.78 is 13.1. The third-order valence-corrected chi connectivity index (χ3v) is 3.39. The van der Waals surface area contributed by atoms with Crippen LogP contribution in [0.25, 0.3) is 0 Å². The van der Waals surface area contributed by atoms with Crippen LogP contribution < -0.4 is 11.1 Å². The van der Waals surface area contributed by atoms with Gasteiger partial charge >= 0.3 is 0 Å². The summed E-state index contributed by atoms with van der Waals surface area (Å²) in [5, 5.41) is 3.22. The number of nitrogens with two attached hydrogens (primary N) is 1. The van der Waals surface area contributed by atoms with Crippen molar-refractivity contribution < 1.29 is 9.18 Å². The van der Waals surface area contributed by atoms with E-state index >= 15 is 0 Å². The van der Waals surface area contributed by atoms with Crippen LogP contribution in [0.5, 0.6) is 0 Å². The lowest BCUT2D eigenvalue weighted by Gasteiger charge is -2.28. The molecule has 0 saturated carbocycles. The first kappa shape index (κ1) is 12.0. The molecule has 1 amide bonds. The Morgan fingerprint density at radius 1 is 1.59 bits per heavy atom. The molecule has 92 valence electrons. The first-order chi connectivity index (χ1) is 8.10. The average molecular weight is 236 g/mol. The van der Waals surface area contributed by atoms with E-state index < -0.39 is 5.54 Å². The number of carbonyl (C=O) groups is 1. The Bertz CT molecular complexity index is 447. The van der Waals surface area contributed by atoms with Crippen molar-refractivity contribution in [1.82, 2.24) is 5.32 Å². The maximum Gasteiger partial charge on any atom is 0.242 e. The summed E-state index contributed by atoms with van der Waals surface area (Å²) in [6.45, 7) is 2.75. The molecule has 3 nitrogen and oxygen atoms in total. The highest BCUT2D eigenvalue weighted by molar-refractivity contribution is 5.87. The zero-order valence-corrected chi connectivity index (χ0v) is 9.92. The molecule has 0 saturated heterocycles. The molecule has 0 aliphatic heterocycles. The van der Waals surface area contributed by atoms with E-state index in [1.807, 2.05) is 6.92 Å². The Labute approximate surface area is 100 Å². The number of hydrogen-bond acceptors (Lipinski definition) is 2. The molecule has 0 spiro atoms. The van der Waals surface area contributed by atoms with Crippen LogP contribution in [0.1, 0.15) is 30.9 Å². The molecule has 3 N–H and O–H groups in total. The molecule has 1 aromatic carbocycles. The minimum atomic E-state index is -0.807. The smallest absolute Gasteiger partial charge is 0.242 e. The van der Waals surface area contributed by atoms with Crippen molar-refractivity contribution in [3.8, 4) is 0 Å². The van der Waals surface area contributed by atoms with E-state index in [-0.39, 0.29) is 11.7 Å². The van der Waals surface area contributed by atoms with Crippen LogP contribution >= 0.6 is 0 Å². The largest absolute Gasteiger partial charge is 0.368 e. The van der Waals surface area contributed by atoms with Crippen molar-refractivity contribution in [3.63, 3.8) is 0 Å². The second-order valence-corrected chi connectivity index (χ2v) is 4.50. The first-order valence-electron chi connectivity index (χ1n) is 5.94. The number of nitrogens with one attached hydrogen (secondary N) is 1. The minimum Gasteiger partial charge on any atom is -0.368 e. The third-order valence-electron chi connectivity index (χ3n) is 3.39. The molecule has 17 heavy (non-hydrogen) atoms. The zero-order chi connectivity index (χ0) is 12.5. The third kappa shape index (κ3) is 1.93. The number of amides is 1. The van der Waals surface area contributed by atoms with Crippen LogP contribution in [0.2, 0.25) is 0 Å². The van der Waals surface area contributed by atoms with Crippen molar-refractivity contribution in [2.24, 2.45) is 5.73 Å². The minimum absolute atomic E-state index is 0.264. The number of aryl methyl sites for hydroxylation is 1. The van der Waals surface area contributed by atoms with E-state index in [9.17, 15) is 9.18 Å². The molecule has 1 aromatic rings. The molecular weight excluding hydrogens is 219 g/mol. The summed E-state index contributed by atoms with van der Waals surface area (Å²) in [7, 11) is 0. The van der Waals surface area contributed by atoms with Crippen LogP contribution in [0, 0.1) is 5.82 Å². The van der Waals surface area contributed by atoms with E-state index in [0.717, 1.165) is 24.1 Å². The fourth-order valence-electron chi connectivity index (χ4n) is 2.51. The van der Waals surface area contributed by atoms with Gasteiger partial charge in [0, 0.05) is 0 Å². The first-order valence-corrected chi connectivity index (χ1v) is 5.94. The number of primary amides is 1. The van der Waals surface area contributed by atoms with Gasteiger partial charge in [-0.2, -0.15) is 0 Å². The van der Waals surface area contributed by atoms with Gasteiger partial charge in [-0.15, -0.1) is 0 Å². The van der Waals surface area contributed by atoms with Gasteiger partial charge in [0.1, 0.15) is 11.4 Å². The van der Waals surface area contributed by atoms with Crippen LogP contribution in [-0.2, 0) is 16.8 Å². The lowest BCUT2D eigenvalue weighted by Crippen LogP contribution is -2.51. The van der Waals surface area contributed by atoms with Gasteiger partial charge in [-0.1, -0.05) is 13.0 Å². The van der Waals surface area contributed by atoms with Crippen molar-refractivity contribution in [3.05, 3.63) is 35.1 Å². The molecule has 0 radical (unpaired) electrons. The van der Waals surface area contributed by atoms with Crippen LogP contribution in [0.15, 0.2) is 18.2 Å². The second kappa shape index (κ2) is 4.45. The number of rotatable bonds is 4. The maximum absolute atomic E-state index is 13.1. The second-order valence-electron chi connectivity index (χ2n) is 4.50. The maximum atomic E-state index is 13.1. The molecule has 1 aliphatic rings. The van der Waals surface area contributed by atoms with E-state index in [4.69, 9.17) is 5.73 Å². The van der Waals surface area contributed by atoms with Crippen LogP contribution in [0.4, 0.5) is 4.39 Å². The normalized spacial score (nSPS) is 22.5. The van der Waals surface area contributed by atoms with Crippen LogP contribution in [0.3, 0.4) is 0 Å². The van der Waals surface area contributed by atoms with Crippen molar-refractivity contribution in [2.75, 3.05) is 6.54 Å². The summed E-state index contributed by atoms with van der Waals surface area (Å²) in [6, 6.07) is 4.55. The quantitative estimate of drug-likeness (QED) is 0.831. The summed E-state index contributed by atoms with van der Waals surface area (Å²) in [6.07, 6.45) is 2.22. The van der Waals surface area contributed by atoms with Gasteiger partial charge in [-0.25, -0.2) is 4.39 Å². The number of hydrogen-bond donors (Lipinski definition) is 2. The topological polar surface area (TPSA) is 55.1 Å². The van der Waals surface area contributed by atoms with E-state index in [2.05, 4.69) is 5.32 Å². The summed E-state index contributed by atoms with van der Waals surface area (Å²) >= 11 is 0. The molecule has 4 heteroatoms. The average Bonchev–Trinajstić information content (AvgIpc) is 2.65. The monoisotopic (exact) mass is 236 g/mol. The molecule has 2 rings (SSSR count). The highest BCUT2D eigenvalue weighted by Crippen LogP contribution is 2.37. The van der Waals surface area contributed by atoms with Gasteiger partial charge in [0.05, 0.1) is 0 Å². The summed E-state index contributed by atoms with van der Waals surface area (Å²) in [4.78, 5) is 11.7. The number of benzene rings is 1. The van der Waals surface area contributed by atoms with Crippen molar-refractivity contribution in [1.29, 1.82) is 0 Å². The molecule has 1 aliphatic carbocycles. The fraction of sp³-hybridized carbons (Fsp3) is 0.462. The van der Waals surface area contributed by atoms with Gasteiger partial charge in [0.25, 0.3) is 0 Å². The highest BCUT2D eigenvalue weighted by atomic mass is 19.1. The number of fused-ring (bicyclic) bond motifs is 1. The standard InChI is InChI=1S/C13H17FN2O/c1-2-7-16-13(12(15)17)6-5-9-8-10(14)3-4-11(9)13/h3-4,8,16H,2,5-7H2,1H3,(H2,15,17). The van der Waals surface area contributed by atoms with E-state index in [1.54, 1.807) is 6.07 Å². The van der Waals surface area contributed by atoms with Crippen molar-refractivity contribution in [2.45, 2.75) is 31.7 Å². The lowest BCUT2D eigenvalue weighted by atomic mass is 9.90. The van der Waals surface area contributed by atoms with E-state index in [1.165, 1.54) is 12.1 Å². The number of halogens is 1. The summed E-state index contributed by atoms with van der Waals surface area (Å²) in [5.41, 5.74) is 6.44. The highest BCUT2D eigenvalue weighted by Gasteiger charge is 2.43. The van der Waals surface area contributed by atoms with E-state index in [0.29, 0.717) is 12.8 Å². The summed E-state index contributed by atoms with van der Waals surface area (Å²) in [5.74, 6) is -0.643. The molecule has 1 unspecified atom stereocenters. The predicted molar refractivity (Wildman–Crippen MR) is 63.9 cm³/mol. The SMILES string of the molecule is CCCNC1(C(N)=O)CCc2cc(F)ccc21. The Kier molecular flexibility index (Phi) is 3.15.